The summed E-state index contributed by atoms with van der Waals surface area (Å²) in [5, 5.41) is 2.96. The Labute approximate surface area is 272 Å². The number of nitrogens with one attached hydrogen (secondary N) is 2. The Hall–Kier alpha value is -5.05. The van der Waals surface area contributed by atoms with E-state index in [0.717, 1.165) is 12.1 Å². The molecule has 0 radical (unpaired) electrons. The van der Waals surface area contributed by atoms with Crippen LogP contribution in [0, 0.1) is 11.6 Å². The number of nitrogens with zero attached hydrogens (tertiary/aromatic N) is 5. The van der Waals surface area contributed by atoms with Crippen LogP contribution < -0.4 is 21.3 Å². The van der Waals surface area contributed by atoms with Crippen LogP contribution in [0.3, 0.4) is 0 Å². The SMILES string of the molecule is CCC(NC1=NC(N)N=CC1c1cncc(S(=O)(=O)Nc2ccc(F)c(Cl)c2)c1)c1nc2cccc(F)c2c(=O)n1-c1ccccc1. The summed E-state index contributed by atoms with van der Waals surface area (Å²) in [4.78, 5) is 31.2. The molecule has 0 aliphatic carbocycles. The summed E-state index contributed by atoms with van der Waals surface area (Å²) in [6.45, 7) is 1.88. The number of para-hydroxylation sites is 1. The van der Waals surface area contributed by atoms with E-state index >= 15 is 0 Å². The van der Waals surface area contributed by atoms with Crippen molar-refractivity contribution in [3.8, 4) is 5.69 Å². The van der Waals surface area contributed by atoms with Gasteiger partial charge in [0.1, 0.15) is 33.6 Å². The van der Waals surface area contributed by atoms with Gasteiger partial charge in [0.25, 0.3) is 15.6 Å². The van der Waals surface area contributed by atoms with E-state index < -0.39 is 45.5 Å². The molecular weight excluding hydrogens is 650 g/mol. The number of benzene rings is 3. The van der Waals surface area contributed by atoms with E-state index in [2.05, 4.69) is 25.0 Å². The zero-order valence-corrected chi connectivity index (χ0v) is 26.3. The molecule has 0 saturated heterocycles. The molecule has 47 heavy (non-hydrogen) atoms. The van der Waals surface area contributed by atoms with E-state index in [9.17, 15) is 22.0 Å². The third kappa shape index (κ3) is 6.48. The first kappa shape index (κ1) is 31.9. The van der Waals surface area contributed by atoms with Crippen LogP contribution >= 0.6 is 11.6 Å². The van der Waals surface area contributed by atoms with Gasteiger partial charge in [-0.25, -0.2) is 27.2 Å². The lowest BCUT2D eigenvalue weighted by Crippen LogP contribution is -2.40. The van der Waals surface area contributed by atoms with Crippen LogP contribution in [0.1, 0.15) is 36.7 Å². The number of pyridine rings is 1. The molecule has 2 aromatic heterocycles. The Morgan fingerprint density at radius 2 is 1.81 bits per heavy atom. The number of aromatic nitrogens is 3. The quantitative estimate of drug-likeness (QED) is 0.207. The first-order valence-electron chi connectivity index (χ1n) is 14.4. The molecule has 1 aliphatic rings. The highest BCUT2D eigenvalue weighted by Crippen LogP contribution is 2.27. The van der Waals surface area contributed by atoms with Crippen molar-refractivity contribution in [2.45, 2.75) is 36.5 Å². The first-order chi connectivity index (χ1) is 22.6. The highest BCUT2D eigenvalue weighted by Gasteiger charge is 2.29. The Kier molecular flexibility index (Phi) is 8.82. The molecule has 3 unspecified atom stereocenters. The van der Waals surface area contributed by atoms with Crippen LogP contribution in [-0.4, -0.2) is 41.3 Å². The second-order valence-corrected chi connectivity index (χ2v) is 12.7. The summed E-state index contributed by atoms with van der Waals surface area (Å²) in [6, 6.07) is 17.3. The van der Waals surface area contributed by atoms with Crippen LogP contribution in [0.5, 0.6) is 0 Å². The molecule has 1 aliphatic heterocycles. The molecule has 3 heterocycles. The topological polar surface area (TPSA) is 157 Å². The van der Waals surface area contributed by atoms with Crippen molar-refractivity contribution in [3.63, 3.8) is 0 Å². The molecule has 0 fully saturated rings. The van der Waals surface area contributed by atoms with Crippen LogP contribution in [0.4, 0.5) is 14.5 Å². The predicted octanol–water partition coefficient (Wildman–Crippen LogP) is 5.06. The maximum absolute atomic E-state index is 14.9. The zero-order valence-electron chi connectivity index (χ0n) is 24.7. The molecule has 4 N–H and O–H groups in total. The molecule has 11 nitrogen and oxygen atoms in total. The summed E-state index contributed by atoms with van der Waals surface area (Å²) in [7, 11) is -4.17. The van der Waals surface area contributed by atoms with Crippen molar-refractivity contribution in [3.05, 3.63) is 124 Å². The van der Waals surface area contributed by atoms with Crippen molar-refractivity contribution < 1.29 is 17.2 Å². The van der Waals surface area contributed by atoms with Gasteiger partial charge in [0.05, 0.1) is 33.9 Å². The lowest BCUT2D eigenvalue weighted by Gasteiger charge is -2.28. The number of rotatable bonds is 8. The highest BCUT2D eigenvalue weighted by atomic mass is 35.5. The number of hydrogen-bond acceptors (Lipinski definition) is 9. The van der Waals surface area contributed by atoms with Gasteiger partial charge in [0.2, 0.25) is 0 Å². The van der Waals surface area contributed by atoms with Gasteiger partial charge in [-0.15, -0.1) is 0 Å². The van der Waals surface area contributed by atoms with E-state index in [4.69, 9.17) is 22.3 Å². The monoisotopic (exact) mass is 676 g/mol. The second-order valence-electron chi connectivity index (χ2n) is 10.6. The maximum Gasteiger partial charge on any atom is 0.269 e. The third-order valence-corrected chi connectivity index (χ3v) is 9.10. The molecular formula is C32H27ClF2N8O3S. The summed E-state index contributed by atoms with van der Waals surface area (Å²) < 4.78 is 58.8. The van der Waals surface area contributed by atoms with Crippen molar-refractivity contribution in [1.29, 1.82) is 0 Å². The summed E-state index contributed by atoms with van der Waals surface area (Å²) in [5.41, 5.74) is 6.65. The van der Waals surface area contributed by atoms with Crippen LogP contribution in [0.2, 0.25) is 5.02 Å². The minimum atomic E-state index is -4.17. The van der Waals surface area contributed by atoms with Gasteiger partial charge in [0, 0.05) is 18.6 Å². The fourth-order valence-electron chi connectivity index (χ4n) is 5.19. The maximum atomic E-state index is 14.9. The van der Waals surface area contributed by atoms with Crippen molar-refractivity contribution in [1.82, 2.24) is 19.9 Å². The number of amidine groups is 1. The average molecular weight is 677 g/mol. The molecule has 0 amide bonds. The van der Waals surface area contributed by atoms with Gasteiger partial charge < -0.3 is 5.32 Å². The van der Waals surface area contributed by atoms with Crippen molar-refractivity contribution >= 4 is 50.3 Å². The Morgan fingerprint density at radius 3 is 2.55 bits per heavy atom. The molecule has 0 spiro atoms. The van der Waals surface area contributed by atoms with Gasteiger partial charge in [-0.3, -0.25) is 29.8 Å². The molecule has 5 aromatic rings. The number of fused-ring (bicyclic) bond motifs is 1. The van der Waals surface area contributed by atoms with E-state index in [0.29, 0.717) is 29.3 Å². The minimum absolute atomic E-state index is 0.0638. The van der Waals surface area contributed by atoms with Crippen LogP contribution in [0.15, 0.2) is 105 Å². The molecule has 0 bridgehead atoms. The normalized spacial score (nSPS) is 16.9. The second kappa shape index (κ2) is 13.0. The predicted molar refractivity (Wildman–Crippen MR) is 177 cm³/mol. The molecule has 3 atom stereocenters. The summed E-state index contributed by atoms with van der Waals surface area (Å²) in [5.74, 6) is -1.47. The Morgan fingerprint density at radius 1 is 1.02 bits per heavy atom. The van der Waals surface area contributed by atoms with Crippen molar-refractivity contribution in [2.24, 2.45) is 15.7 Å². The molecule has 0 saturated carbocycles. The lowest BCUT2D eigenvalue weighted by molar-refractivity contribution is 0.554. The number of sulfonamides is 1. The molecule has 15 heteroatoms. The number of halogens is 3. The van der Waals surface area contributed by atoms with E-state index in [1.807, 2.05) is 6.92 Å². The average Bonchev–Trinajstić information content (AvgIpc) is 3.05. The largest absolute Gasteiger partial charge is 0.363 e. The third-order valence-electron chi connectivity index (χ3n) is 7.46. The Balaban J connectivity index is 1.38. The molecule has 6 rings (SSSR count). The van der Waals surface area contributed by atoms with E-state index in [-0.39, 0.29) is 26.5 Å². The number of aliphatic imine (C=N–C) groups is 2. The standard InChI is InChI=1S/C32H27ClF2N8O3S/c1-2-26(30-40-27-10-6-9-25(35)28(27)31(44)43(30)20-7-4-3-5-8-20)39-29-22(17-38-32(36)41-29)18-13-21(16-37-15-18)47(45,46)42-19-11-12-24(34)23(33)14-19/h3-17,22,26,32,42H,2,36H2,1H3,(H,39,41). The van der Waals surface area contributed by atoms with Gasteiger partial charge in [-0.2, -0.15) is 0 Å². The van der Waals surface area contributed by atoms with Crippen LogP contribution in [-0.2, 0) is 10.0 Å². The highest BCUT2D eigenvalue weighted by molar-refractivity contribution is 7.92. The van der Waals surface area contributed by atoms with Gasteiger partial charge in [-0.05, 0) is 60.5 Å². The van der Waals surface area contributed by atoms with Gasteiger partial charge >= 0.3 is 0 Å². The summed E-state index contributed by atoms with van der Waals surface area (Å²) >= 11 is 5.82. The number of nitrogens with two attached hydrogens (primary N) is 1. The van der Waals surface area contributed by atoms with Gasteiger partial charge in [0.15, 0.2) is 6.29 Å². The van der Waals surface area contributed by atoms with E-state index in [1.165, 1.54) is 47.4 Å². The number of anilines is 1. The lowest BCUT2D eigenvalue weighted by atomic mass is 9.99. The fourth-order valence-corrected chi connectivity index (χ4v) is 6.42. The first-order valence-corrected chi connectivity index (χ1v) is 16.2. The van der Waals surface area contributed by atoms with Crippen LogP contribution in [0.25, 0.3) is 16.6 Å². The fraction of sp³-hybridized carbons (Fsp3) is 0.156. The molecule has 3 aromatic carbocycles. The van der Waals surface area contributed by atoms with Gasteiger partial charge in [-0.1, -0.05) is 42.8 Å². The Bertz CT molecular complexity index is 2210. The minimum Gasteiger partial charge on any atom is -0.363 e. The molecule has 240 valence electrons. The smallest absolute Gasteiger partial charge is 0.269 e. The zero-order chi connectivity index (χ0) is 33.3. The van der Waals surface area contributed by atoms with Crippen molar-refractivity contribution in [2.75, 3.05) is 4.72 Å². The summed E-state index contributed by atoms with van der Waals surface area (Å²) in [6.07, 6.45) is 3.62. The number of hydrogen-bond donors (Lipinski definition) is 3. The van der Waals surface area contributed by atoms with E-state index in [1.54, 1.807) is 36.4 Å².